The van der Waals surface area contributed by atoms with Crippen LogP contribution in [0, 0.1) is 0 Å². The topological polar surface area (TPSA) is 18.5 Å². The summed E-state index contributed by atoms with van der Waals surface area (Å²) in [7, 11) is 2.46. The largest absolute Gasteiger partial charge is 0.497 e. The van der Waals surface area contributed by atoms with E-state index in [1.54, 1.807) is 7.11 Å². The molecule has 0 unspecified atom stereocenters. The molecule has 0 bridgehead atoms. The van der Waals surface area contributed by atoms with Crippen molar-refractivity contribution in [3.63, 3.8) is 0 Å². The lowest BCUT2D eigenvalue weighted by atomic mass is 10.2. The van der Waals surface area contributed by atoms with Gasteiger partial charge in [0.25, 0.3) is 0 Å². The molecule has 0 aliphatic rings. The Bertz CT molecular complexity index is 208. The number of hydrogen-bond acceptors (Lipinski definition) is 2. The quantitative estimate of drug-likeness (QED) is 0.612. The summed E-state index contributed by atoms with van der Waals surface area (Å²) in [6, 6.07) is 7.90. The summed E-state index contributed by atoms with van der Waals surface area (Å²) in [4.78, 5) is 0. The maximum absolute atomic E-state index is 5.10. The average molecular weight is 168 g/mol. The number of ether oxygens (including phenoxy) is 1. The first-order valence-corrected chi connectivity index (χ1v) is 4.30. The first-order chi connectivity index (χ1) is 5.36. The van der Waals surface area contributed by atoms with Gasteiger partial charge in [-0.25, -0.2) is 0 Å². The molecule has 1 rings (SSSR count). The average Bonchev–Trinajstić information content (AvgIpc) is 2.07. The van der Waals surface area contributed by atoms with Gasteiger partial charge in [0.1, 0.15) is 16.2 Å². The highest BCUT2D eigenvalue weighted by Gasteiger charge is 1.91. The second-order valence-electron chi connectivity index (χ2n) is 2.28. The van der Waals surface area contributed by atoms with Gasteiger partial charge in [0.05, 0.1) is 13.7 Å². The van der Waals surface area contributed by atoms with Crippen LogP contribution in [0.15, 0.2) is 24.3 Å². The Balaban J connectivity index is 2.66. The Hall–Kier alpha value is -0.803. The molecule has 1 aromatic rings. The number of hydrogen-bond donors (Lipinski definition) is 0. The smallest absolute Gasteiger partial charge is 0.146 e. The molecule has 3 heteroatoms. The van der Waals surface area contributed by atoms with Crippen LogP contribution in [0.25, 0.3) is 0 Å². The van der Waals surface area contributed by atoms with Gasteiger partial charge in [-0.1, -0.05) is 12.1 Å². The molecule has 0 atom stereocenters. The molecule has 0 heterocycles. The van der Waals surface area contributed by atoms with Crippen molar-refractivity contribution < 1.29 is 9.16 Å². The number of rotatable bonds is 3. The molecule has 0 amide bonds. The van der Waals surface area contributed by atoms with Crippen LogP contribution in [0.5, 0.6) is 5.75 Å². The molecular formula is C8H12O2Si. The maximum atomic E-state index is 5.10. The van der Waals surface area contributed by atoms with Gasteiger partial charge >= 0.3 is 0 Å². The monoisotopic (exact) mass is 168 g/mol. The van der Waals surface area contributed by atoms with E-state index in [9.17, 15) is 0 Å². The van der Waals surface area contributed by atoms with E-state index in [0.717, 1.165) is 22.8 Å². The predicted molar refractivity (Wildman–Crippen MR) is 47.7 cm³/mol. The fraction of sp³-hybridized carbons (Fsp3) is 0.250. The zero-order valence-electron chi connectivity index (χ0n) is 6.83. The number of benzene rings is 1. The van der Waals surface area contributed by atoms with Crippen molar-refractivity contribution >= 4 is 10.5 Å². The second kappa shape index (κ2) is 4.15. The third-order valence-corrected chi connectivity index (χ3v) is 1.76. The summed E-state index contributed by atoms with van der Waals surface area (Å²) in [5, 5.41) is 0. The molecule has 0 fully saturated rings. The van der Waals surface area contributed by atoms with Gasteiger partial charge in [-0.15, -0.1) is 0 Å². The van der Waals surface area contributed by atoms with Gasteiger partial charge in [-0.2, -0.15) is 0 Å². The van der Waals surface area contributed by atoms with Crippen LogP contribution < -0.4 is 4.74 Å². The lowest BCUT2D eigenvalue weighted by Crippen LogP contribution is -1.88. The molecule has 2 nitrogen and oxygen atoms in total. The van der Waals surface area contributed by atoms with Gasteiger partial charge in [0.15, 0.2) is 0 Å². The standard InChI is InChI=1S/C8H12O2Si/c1-9-8-4-2-7(3-5-8)6-10-11/h2-5H,6H2,1,11H3. The minimum atomic E-state index is 0.718. The van der Waals surface area contributed by atoms with Gasteiger partial charge in [-0.05, 0) is 17.7 Å². The van der Waals surface area contributed by atoms with Crippen LogP contribution in [0.2, 0.25) is 0 Å². The molecule has 0 aliphatic carbocycles. The third-order valence-electron chi connectivity index (χ3n) is 1.47. The molecule has 0 saturated carbocycles. The van der Waals surface area contributed by atoms with Crippen molar-refractivity contribution in [3.8, 4) is 5.75 Å². The minimum absolute atomic E-state index is 0.718. The van der Waals surface area contributed by atoms with Crippen LogP contribution >= 0.6 is 0 Å². The highest BCUT2D eigenvalue weighted by atomic mass is 28.2. The molecule has 11 heavy (non-hydrogen) atoms. The van der Waals surface area contributed by atoms with Crippen molar-refractivity contribution in [2.75, 3.05) is 7.11 Å². The Kier molecular flexibility index (Phi) is 3.13. The summed E-state index contributed by atoms with van der Waals surface area (Å²) < 4.78 is 10.1. The van der Waals surface area contributed by atoms with E-state index < -0.39 is 0 Å². The first kappa shape index (κ1) is 8.29. The Morgan fingerprint density at radius 1 is 1.27 bits per heavy atom. The molecule has 0 spiro atoms. The molecule has 0 saturated heterocycles. The van der Waals surface area contributed by atoms with Gasteiger partial charge in [-0.3, -0.25) is 0 Å². The summed E-state index contributed by atoms with van der Waals surface area (Å²) >= 11 is 0. The van der Waals surface area contributed by atoms with Crippen LogP contribution in [0.1, 0.15) is 5.56 Å². The van der Waals surface area contributed by atoms with E-state index in [4.69, 9.17) is 9.16 Å². The van der Waals surface area contributed by atoms with E-state index in [2.05, 4.69) is 0 Å². The Morgan fingerprint density at radius 2 is 1.91 bits per heavy atom. The molecule has 1 aromatic carbocycles. The van der Waals surface area contributed by atoms with Crippen molar-refractivity contribution in [2.24, 2.45) is 0 Å². The summed E-state index contributed by atoms with van der Waals surface area (Å²) in [6.07, 6.45) is 0. The highest BCUT2D eigenvalue weighted by molar-refractivity contribution is 5.97. The minimum Gasteiger partial charge on any atom is -0.497 e. The van der Waals surface area contributed by atoms with Crippen molar-refractivity contribution in [1.82, 2.24) is 0 Å². The fourth-order valence-electron chi connectivity index (χ4n) is 0.888. The third kappa shape index (κ3) is 2.36. The normalized spacial score (nSPS) is 9.91. The molecule has 0 aliphatic heterocycles. The van der Waals surface area contributed by atoms with Crippen molar-refractivity contribution in [3.05, 3.63) is 29.8 Å². The van der Waals surface area contributed by atoms with E-state index in [1.165, 1.54) is 5.56 Å². The zero-order valence-corrected chi connectivity index (χ0v) is 8.83. The lowest BCUT2D eigenvalue weighted by molar-refractivity contribution is 0.338. The summed E-state index contributed by atoms with van der Waals surface area (Å²) in [5.41, 5.74) is 1.20. The van der Waals surface area contributed by atoms with E-state index in [0.29, 0.717) is 0 Å². The molecule has 0 N–H and O–H groups in total. The van der Waals surface area contributed by atoms with Crippen LogP contribution in [0.3, 0.4) is 0 Å². The summed E-state index contributed by atoms with van der Waals surface area (Å²) in [6.45, 7) is 0.718. The van der Waals surface area contributed by atoms with Crippen molar-refractivity contribution in [2.45, 2.75) is 6.61 Å². The van der Waals surface area contributed by atoms with Gasteiger partial charge in [0, 0.05) is 0 Å². The van der Waals surface area contributed by atoms with E-state index >= 15 is 0 Å². The van der Waals surface area contributed by atoms with Gasteiger partial charge in [0.2, 0.25) is 0 Å². The van der Waals surface area contributed by atoms with Crippen molar-refractivity contribution in [1.29, 1.82) is 0 Å². The number of methoxy groups -OCH3 is 1. The molecule has 0 aromatic heterocycles. The molecule has 60 valence electrons. The maximum Gasteiger partial charge on any atom is 0.146 e. The molecular weight excluding hydrogens is 156 g/mol. The fourth-order valence-corrected chi connectivity index (χ4v) is 1.22. The van der Waals surface area contributed by atoms with Crippen LogP contribution in [0.4, 0.5) is 0 Å². The SMILES string of the molecule is COc1ccc(CO[SiH3])cc1. The highest BCUT2D eigenvalue weighted by Crippen LogP contribution is 2.11. The molecule has 0 radical (unpaired) electrons. The van der Waals surface area contributed by atoms with E-state index in [1.807, 2.05) is 24.3 Å². The van der Waals surface area contributed by atoms with Crippen LogP contribution in [-0.4, -0.2) is 17.6 Å². The lowest BCUT2D eigenvalue weighted by Gasteiger charge is -2.01. The summed E-state index contributed by atoms with van der Waals surface area (Å²) in [5.74, 6) is 0.891. The predicted octanol–water partition coefficient (Wildman–Crippen LogP) is 0.492. The Labute approximate surface area is 69.7 Å². The Morgan fingerprint density at radius 3 is 2.36 bits per heavy atom. The zero-order chi connectivity index (χ0) is 8.10. The van der Waals surface area contributed by atoms with E-state index in [-0.39, 0.29) is 0 Å². The van der Waals surface area contributed by atoms with Crippen LogP contribution in [-0.2, 0) is 11.0 Å². The van der Waals surface area contributed by atoms with Gasteiger partial charge < -0.3 is 9.16 Å². The second-order valence-corrected chi connectivity index (χ2v) is 2.86. The first-order valence-electron chi connectivity index (χ1n) is 3.48.